The van der Waals surface area contributed by atoms with Gasteiger partial charge in [0.05, 0.1) is 28.2 Å². The molecule has 1 aromatic heterocycles. The van der Waals surface area contributed by atoms with Gasteiger partial charge in [-0.3, -0.25) is 9.59 Å². The molecule has 0 spiro atoms. The second kappa shape index (κ2) is 10.1. The average molecular weight is 522 g/mol. The number of aldehydes is 1. The molecule has 0 aliphatic heterocycles. The molecule has 0 radical (unpaired) electrons. The van der Waals surface area contributed by atoms with Crippen LogP contribution in [-0.4, -0.2) is 38.4 Å². The molecule has 2 aromatic carbocycles. The first kappa shape index (κ1) is 26.9. The van der Waals surface area contributed by atoms with Crippen molar-refractivity contribution in [1.82, 2.24) is 20.1 Å². The predicted molar refractivity (Wildman–Crippen MR) is 127 cm³/mol. The summed E-state index contributed by atoms with van der Waals surface area (Å²) in [6, 6.07) is 9.08. The van der Waals surface area contributed by atoms with Crippen LogP contribution in [0.3, 0.4) is 0 Å². The highest BCUT2D eigenvalue weighted by molar-refractivity contribution is 6.35. The van der Waals surface area contributed by atoms with Gasteiger partial charge in [-0.1, -0.05) is 29.8 Å². The van der Waals surface area contributed by atoms with Crippen LogP contribution < -0.4 is 10.6 Å². The van der Waals surface area contributed by atoms with Gasteiger partial charge in [0.1, 0.15) is 12.1 Å². The lowest BCUT2D eigenvalue weighted by molar-refractivity contribution is -0.147. The molecule has 0 fully saturated rings. The van der Waals surface area contributed by atoms with Gasteiger partial charge < -0.3 is 15.4 Å². The molecule has 0 aliphatic rings. The molecule has 0 unspecified atom stereocenters. The van der Waals surface area contributed by atoms with E-state index in [0.717, 1.165) is 4.68 Å². The fraction of sp³-hybridized carbons (Fsp3) is 0.292. The van der Waals surface area contributed by atoms with Crippen molar-refractivity contribution in [1.29, 1.82) is 0 Å². The molecule has 0 atom stereocenters. The van der Waals surface area contributed by atoms with Crippen LogP contribution in [0.15, 0.2) is 36.4 Å². The first-order valence-corrected chi connectivity index (χ1v) is 11.1. The monoisotopic (exact) mass is 521 g/mol. The first-order valence-electron chi connectivity index (χ1n) is 10.7. The van der Waals surface area contributed by atoms with Gasteiger partial charge in [-0.15, -0.1) is 0 Å². The fourth-order valence-corrected chi connectivity index (χ4v) is 3.69. The van der Waals surface area contributed by atoms with Crippen molar-refractivity contribution in [2.24, 2.45) is 0 Å². The fourth-order valence-electron chi connectivity index (χ4n) is 3.43. The molecule has 0 aliphatic carbocycles. The molecule has 2 N–H and O–H groups in total. The van der Waals surface area contributed by atoms with E-state index in [1.54, 1.807) is 25.1 Å². The van der Waals surface area contributed by atoms with Crippen LogP contribution in [-0.2, 0) is 17.5 Å². The number of carbonyl (C=O) groups excluding carboxylic acids is 3. The zero-order valence-electron chi connectivity index (χ0n) is 19.8. The van der Waals surface area contributed by atoms with Gasteiger partial charge in [-0.2, -0.15) is 18.3 Å². The third kappa shape index (κ3) is 6.09. The zero-order chi connectivity index (χ0) is 26.8. The number of rotatable bonds is 7. The summed E-state index contributed by atoms with van der Waals surface area (Å²) >= 11 is 6.20. The van der Waals surface area contributed by atoms with Gasteiger partial charge in [0.15, 0.2) is 0 Å². The van der Waals surface area contributed by atoms with Crippen molar-refractivity contribution in [3.8, 4) is 0 Å². The Morgan fingerprint density at radius 1 is 1.11 bits per heavy atom. The summed E-state index contributed by atoms with van der Waals surface area (Å²) in [7, 11) is 0. The van der Waals surface area contributed by atoms with E-state index in [4.69, 9.17) is 11.6 Å². The molecule has 36 heavy (non-hydrogen) atoms. The maximum atomic E-state index is 13.2. The Morgan fingerprint density at radius 2 is 1.81 bits per heavy atom. The maximum Gasteiger partial charge on any atom is 0.451 e. The van der Waals surface area contributed by atoms with Crippen LogP contribution >= 0.6 is 11.6 Å². The highest BCUT2D eigenvalue weighted by Gasteiger charge is 2.37. The van der Waals surface area contributed by atoms with Gasteiger partial charge >= 0.3 is 6.18 Å². The highest BCUT2D eigenvalue weighted by Crippen LogP contribution is 2.29. The number of halogens is 4. The van der Waals surface area contributed by atoms with E-state index in [1.165, 1.54) is 39.0 Å². The minimum Gasteiger partial charge on any atom is -0.340 e. The van der Waals surface area contributed by atoms with E-state index in [-0.39, 0.29) is 28.5 Å². The largest absolute Gasteiger partial charge is 0.451 e. The lowest BCUT2D eigenvalue weighted by Gasteiger charge is -2.20. The Morgan fingerprint density at radius 3 is 2.42 bits per heavy atom. The third-order valence-electron chi connectivity index (χ3n) is 5.12. The minimum absolute atomic E-state index is 0.000762. The second-order valence-electron chi connectivity index (χ2n) is 8.70. The van der Waals surface area contributed by atoms with Crippen LogP contribution in [0.25, 0.3) is 0 Å². The van der Waals surface area contributed by atoms with E-state index in [0.29, 0.717) is 23.1 Å². The third-order valence-corrected chi connectivity index (χ3v) is 5.43. The Bertz CT molecular complexity index is 1340. The molecule has 3 rings (SSSR count). The van der Waals surface area contributed by atoms with Crippen LogP contribution in [0.4, 0.5) is 18.9 Å². The van der Waals surface area contributed by atoms with E-state index < -0.39 is 29.4 Å². The van der Waals surface area contributed by atoms with Gasteiger partial charge in [-0.25, -0.2) is 9.67 Å². The summed E-state index contributed by atoms with van der Waals surface area (Å²) < 4.78 is 40.4. The van der Waals surface area contributed by atoms with Crippen LogP contribution in [0.5, 0.6) is 0 Å². The SMILES string of the molecule is Cc1nc(C(F)(F)F)n(Cc2ccc(NC(=O)c3cccc(Cl)c3C(=O)NC(C)(C)C=O)c(C)c2)n1. The van der Waals surface area contributed by atoms with E-state index in [1.807, 2.05) is 0 Å². The molecule has 1 heterocycles. The molecule has 2 amide bonds. The van der Waals surface area contributed by atoms with Crippen molar-refractivity contribution in [2.45, 2.75) is 46.0 Å². The number of benzene rings is 2. The summed E-state index contributed by atoms with van der Waals surface area (Å²) in [6.07, 6.45) is -4.09. The molecule has 0 saturated heterocycles. The predicted octanol–water partition coefficient (Wildman–Crippen LogP) is 4.58. The number of carbonyl (C=O) groups is 3. The average Bonchev–Trinajstić information content (AvgIpc) is 3.15. The zero-order valence-corrected chi connectivity index (χ0v) is 20.6. The van der Waals surface area contributed by atoms with Crippen LogP contribution in [0.2, 0.25) is 5.02 Å². The summed E-state index contributed by atoms with van der Waals surface area (Å²) in [5.74, 6) is -2.42. The van der Waals surface area contributed by atoms with Crippen molar-refractivity contribution >= 4 is 35.4 Å². The summed E-state index contributed by atoms with van der Waals surface area (Å²) in [5.41, 5.74) is 0.181. The van der Waals surface area contributed by atoms with Crippen molar-refractivity contribution in [2.75, 3.05) is 5.32 Å². The number of amides is 2. The number of nitrogens with one attached hydrogen (secondary N) is 2. The first-order chi connectivity index (χ1) is 16.7. The van der Waals surface area contributed by atoms with E-state index in [9.17, 15) is 27.6 Å². The molecule has 0 bridgehead atoms. The second-order valence-corrected chi connectivity index (χ2v) is 9.10. The lowest BCUT2D eigenvalue weighted by Crippen LogP contribution is -2.45. The number of nitrogens with zero attached hydrogens (tertiary/aromatic N) is 3. The summed E-state index contributed by atoms with van der Waals surface area (Å²) in [6.45, 7) is 5.87. The standard InChI is InChI=1S/C24H23ClF3N5O3/c1-13-10-15(11-33-22(24(26,27)28)29-14(2)32-33)8-9-18(13)30-20(35)16-6-5-7-17(25)19(16)21(36)31-23(3,4)12-34/h5-10,12H,11H2,1-4H3,(H,30,35)(H,31,36). The number of hydrogen-bond acceptors (Lipinski definition) is 5. The lowest BCUT2D eigenvalue weighted by atomic mass is 10.0. The van der Waals surface area contributed by atoms with Crippen LogP contribution in [0, 0.1) is 13.8 Å². The molecule has 3 aromatic rings. The van der Waals surface area contributed by atoms with Gasteiger partial charge in [0.25, 0.3) is 11.8 Å². The molecule has 190 valence electrons. The van der Waals surface area contributed by atoms with Crippen molar-refractivity contribution in [3.05, 3.63) is 75.3 Å². The number of hydrogen-bond donors (Lipinski definition) is 2. The maximum absolute atomic E-state index is 13.2. The van der Waals surface area contributed by atoms with Crippen molar-refractivity contribution in [3.63, 3.8) is 0 Å². The molecule has 8 nitrogen and oxygen atoms in total. The minimum atomic E-state index is -4.65. The normalized spacial score (nSPS) is 11.8. The Balaban J connectivity index is 1.84. The quantitative estimate of drug-likeness (QED) is 0.443. The highest BCUT2D eigenvalue weighted by atomic mass is 35.5. The molecule has 12 heteroatoms. The van der Waals surface area contributed by atoms with E-state index in [2.05, 4.69) is 20.7 Å². The Labute approximate surface area is 209 Å². The molecule has 0 saturated carbocycles. The molecular formula is C24H23ClF3N5O3. The van der Waals surface area contributed by atoms with Crippen molar-refractivity contribution < 1.29 is 27.6 Å². The smallest absolute Gasteiger partial charge is 0.340 e. The Hall–Kier alpha value is -3.73. The number of aryl methyl sites for hydroxylation is 2. The summed E-state index contributed by atoms with van der Waals surface area (Å²) in [4.78, 5) is 40.5. The van der Waals surface area contributed by atoms with Gasteiger partial charge in [-0.05, 0) is 57.0 Å². The number of alkyl halides is 3. The number of anilines is 1. The summed E-state index contributed by atoms with van der Waals surface area (Å²) in [5, 5.41) is 9.06. The topological polar surface area (TPSA) is 106 Å². The Kier molecular flexibility index (Phi) is 7.54. The van der Waals surface area contributed by atoms with Gasteiger partial charge in [0, 0.05) is 5.69 Å². The molecular weight excluding hydrogens is 499 g/mol. The number of aromatic nitrogens is 3. The van der Waals surface area contributed by atoms with Gasteiger partial charge in [0.2, 0.25) is 5.82 Å². The van der Waals surface area contributed by atoms with E-state index >= 15 is 0 Å². The van der Waals surface area contributed by atoms with Crippen LogP contribution in [0.1, 0.15) is 57.3 Å².